The van der Waals surface area contributed by atoms with Crippen molar-refractivity contribution in [2.24, 2.45) is 0 Å². The van der Waals surface area contributed by atoms with E-state index in [-0.39, 0.29) is 5.54 Å². The monoisotopic (exact) mass is 281 g/mol. The Labute approximate surface area is 119 Å². The second kappa shape index (κ2) is 6.69. The molecule has 1 aliphatic heterocycles. The van der Waals surface area contributed by atoms with Crippen LogP contribution in [0.15, 0.2) is 0 Å². The molecule has 20 heavy (non-hydrogen) atoms. The number of nitrogens with zero attached hydrogens (tertiary/aromatic N) is 3. The van der Waals surface area contributed by atoms with Crippen molar-refractivity contribution in [1.29, 1.82) is 0 Å². The molecular weight excluding hydrogens is 258 g/mol. The molecule has 7 heteroatoms. The van der Waals surface area contributed by atoms with E-state index in [0.29, 0.717) is 31.1 Å². The average Bonchev–Trinajstić information content (AvgIpc) is 2.83. The molecule has 2 heterocycles. The molecule has 1 unspecified atom stereocenters. The summed E-state index contributed by atoms with van der Waals surface area (Å²) >= 11 is 0. The van der Waals surface area contributed by atoms with Crippen LogP contribution in [0.1, 0.15) is 33.6 Å². The minimum Gasteiger partial charge on any atom is -0.463 e. The molecule has 1 aromatic heterocycles. The molecular formula is C13H23N5O2. The van der Waals surface area contributed by atoms with Crippen molar-refractivity contribution in [3.05, 3.63) is 0 Å². The molecule has 2 rings (SSSR count). The first-order valence-electron chi connectivity index (χ1n) is 7.14. The van der Waals surface area contributed by atoms with Gasteiger partial charge < -0.3 is 20.1 Å². The quantitative estimate of drug-likeness (QED) is 0.787. The zero-order chi connectivity index (χ0) is 14.4. The van der Waals surface area contributed by atoms with Gasteiger partial charge in [0.25, 0.3) is 0 Å². The van der Waals surface area contributed by atoms with Crippen LogP contribution < -0.4 is 15.4 Å². The molecule has 0 aliphatic carbocycles. The van der Waals surface area contributed by atoms with Crippen molar-refractivity contribution in [2.45, 2.75) is 39.2 Å². The smallest absolute Gasteiger partial charge is 0.323 e. The SMILES string of the molecule is CCCOc1nc(NCC)nc(NC2(C)CCOC2)n1. The van der Waals surface area contributed by atoms with Crippen LogP contribution in [0.2, 0.25) is 0 Å². The number of aromatic nitrogens is 3. The van der Waals surface area contributed by atoms with Gasteiger partial charge in [0.05, 0.1) is 18.8 Å². The summed E-state index contributed by atoms with van der Waals surface area (Å²) in [6, 6.07) is 0.350. The van der Waals surface area contributed by atoms with Gasteiger partial charge in [0.1, 0.15) is 0 Å². The Morgan fingerprint density at radius 2 is 2.05 bits per heavy atom. The highest BCUT2D eigenvalue weighted by Gasteiger charge is 2.30. The number of nitrogens with one attached hydrogen (secondary N) is 2. The third kappa shape index (κ3) is 3.93. The van der Waals surface area contributed by atoms with Gasteiger partial charge in [-0.25, -0.2) is 0 Å². The van der Waals surface area contributed by atoms with Gasteiger partial charge in [-0.3, -0.25) is 0 Å². The minimum atomic E-state index is -0.132. The van der Waals surface area contributed by atoms with Gasteiger partial charge in [-0.2, -0.15) is 15.0 Å². The largest absolute Gasteiger partial charge is 0.463 e. The van der Waals surface area contributed by atoms with Gasteiger partial charge in [0, 0.05) is 13.2 Å². The van der Waals surface area contributed by atoms with E-state index in [0.717, 1.165) is 26.0 Å². The molecule has 1 aromatic rings. The lowest BCUT2D eigenvalue weighted by atomic mass is 10.0. The molecule has 7 nitrogen and oxygen atoms in total. The van der Waals surface area contributed by atoms with Crippen molar-refractivity contribution in [2.75, 3.05) is 37.0 Å². The first-order chi connectivity index (χ1) is 9.65. The fourth-order valence-electron chi connectivity index (χ4n) is 1.94. The lowest BCUT2D eigenvalue weighted by Gasteiger charge is -2.23. The average molecular weight is 281 g/mol. The Bertz CT molecular complexity index is 435. The van der Waals surface area contributed by atoms with E-state index in [4.69, 9.17) is 9.47 Å². The van der Waals surface area contributed by atoms with Crippen LogP contribution in [0.25, 0.3) is 0 Å². The molecule has 0 radical (unpaired) electrons. The Hall–Kier alpha value is -1.63. The van der Waals surface area contributed by atoms with Crippen molar-refractivity contribution in [3.8, 4) is 6.01 Å². The first-order valence-corrected chi connectivity index (χ1v) is 7.14. The Balaban J connectivity index is 2.14. The van der Waals surface area contributed by atoms with E-state index in [2.05, 4.69) is 32.5 Å². The lowest BCUT2D eigenvalue weighted by molar-refractivity contribution is 0.185. The van der Waals surface area contributed by atoms with E-state index >= 15 is 0 Å². The van der Waals surface area contributed by atoms with E-state index in [1.807, 2.05) is 13.8 Å². The summed E-state index contributed by atoms with van der Waals surface area (Å²) in [7, 11) is 0. The van der Waals surface area contributed by atoms with Gasteiger partial charge in [-0.1, -0.05) is 6.92 Å². The van der Waals surface area contributed by atoms with Crippen LogP contribution in [0.3, 0.4) is 0 Å². The predicted octanol–water partition coefficient (Wildman–Crippen LogP) is 1.68. The molecule has 112 valence electrons. The molecule has 0 spiro atoms. The Morgan fingerprint density at radius 1 is 1.25 bits per heavy atom. The Kier molecular flexibility index (Phi) is 4.94. The van der Waals surface area contributed by atoms with E-state index in [1.165, 1.54) is 0 Å². The predicted molar refractivity (Wildman–Crippen MR) is 77.2 cm³/mol. The zero-order valence-electron chi connectivity index (χ0n) is 12.4. The normalized spacial score (nSPS) is 21.8. The van der Waals surface area contributed by atoms with Crippen molar-refractivity contribution < 1.29 is 9.47 Å². The van der Waals surface area contributed by atoms with Crippen LogP contribution in [-0.4, -0.2) is 46.9 Å². The molecule has 0 saturated carbocycles. The molecule has 0 aromatic carbocycles. The third-order valence-electron chi connectivity index (χ3n) is 3.02. The molecule has 1 atom stereocenters. The van der Waals surface area contributed by atoms with Crippen LogP contribution >= 0.6 is 0 Å². The van der Waals surface area contributed by atoms with Gasteiger partial charge in [-0.15, -0.1) is 0 Å². The number of rotatable bonds is 7. The minimum absolute atomic E-state index is 0.132. The third-order valence-corrected chi connectivity index (χ3v) is 3.02. The highest BCUT2D eigenvalue weighted by Crippen LogP contribution is 2.23. The van der Waals surface area contributed by atoms with Gasteiger partial charge in [0.2, 0.25) is 11.9 Å². The molecule has 1 saturated heterocycles. The summed E-state index contributed by atoms with van der Waals surface area (Å²) in [5.41, 5.74) is -0.132. The van der Waals surface area contributed by atoms with Crippen molar-refractivity contribution >= 4 is 11.9 Å². The number of hydrogen-bond acceptors (Lipinski definition) is 7. The highest BCUT2D eigenvalue weighted by atomic mass is 16.5. The fraction of sp³-hybridized carbons (Fsp3) is 0.769. The van der Waals surface area contributed by atoms with Crippen LogP contribution in [0.5, 0.6) is 6.01 Å². The van der Waals surface area contributed by atoms with Gasteiger partial charge >= 0.3 is 6.01 Å². The first kappa shape index (κ1) is 14.8. The fourth-order valence-corrected chi connectivity index (χ4v) is 1.94. The maximum atomic E-state index is 5.51. The summed E-state index contributed by atoms with van der Waals surface area (Å²) in [6.45, 7) is 8.89. The van der Waals surface area contributed by atoms with Gasteiger partial charge in [-0.05, 0) is 26.7 Å². The molecule has 0 amide bonds. The highest BCUT2D eigenvalue weighted by molar-refractivity contribution is 5.38. The number of anilines is 2. The summed E-state index contributed by atoms with van der Waals surface area (Å²) in [4.78, 5) is 12.9. The summed E-state index contributed by atoms with van der Waals surface area (Å²) < 4.78 is 10.9. The maximum Gasteiger partial charge on any atom is 0.323 e. The van der Waals surface area contributed by atoms with Crippen LogP contribution in [-0.2, 0) is 4.74 Å². The van der Waals surface area contributed by atoms with Crippen molar-refractivity contribution in [3.63, 3.8) is 0 Å². The maximum absolute atomic E-state index is 5.51. The van der Waals surface area contributed by atoms with Gasteiger partial charge in [0.15, 0.2) is 0 Å². The second-order valence-electron chi connectivity index (χ2n) is 5.13. The summed E-state index contributed by atoms with van der Waals surface area (Å²) in [6.07, 6.45) is 1.84. The van der Waals surface area contributed by atoms with E-state index < -0.39 is 0 Å². The van der Waals surface area contributed by atoms with Crippen LogP contribution in [0, 0.1) is 0 Å². The standard InChI is InChI=1S/C13H23N5O2/c1-4-7-20-12-16-10(14-5-2)15-11(17-12)18-13(3)6-8-19-9-13/h4-9H2,1-3H3,(H2,14,15,16,17,18). The summed E-state index contributed by atoms with van der Waals surface area (Å²) in [5, 5.41) is 6.41. The van der Waals surface area contributed by atoms with Crippen LogP contribution in [0.4, 0.5) is 11.9 Å². The van der Waals surface area contributed by atoms with E-state index in [1.54, 1.807) is 0 Å². The Morgan fingerprint density at radius 3 is 2.70 bits per heavy atom. The molecule has 2 N–H and O–H groups in total. The molecule has 0 bridgehead atoms. The number of hydrogen-bond donors (Lipinski definition) is 2. The molecule has 1 fully saturated rings. The topological polar surface area (TPSA) is 81.2 Å². The number of ether oxygens (including phenoxy) is 2. The second-order valence-corrected chi connectivity index (χ2v) is 5.13. The summed E-state index contributed by atoms with van der Waals surface area (Å²) in [5.74, 6) is 1.05. The zero-order valence-corrected chi connectivity index (χ0v) is 12.4. The van der Waals surface area contributed by atoms with Crippen molar-refractivity contribution in [1.82, 2.24) is 15.0 Å². The molecule has 1 aliphatic rings. The lowest BCUT2D eigenvalue weighted by Crippen LogP contribution is -2.36. The van der Waals surface area contributed by atoms with E-state index in [9.17, 15) is 0 Å².